The van der Waals surface area contributed by atoms with E-state index in [0.29, 0.717) is 23.5 Å². The molecule has 32 heavy (non-hydrogen) atoms. The second kappa shape index (κ2) is 8.61. The predicted molar refractivity (Wildman–Crippen MR) is 127 cm³/mol. The smallest absolute Gasteiger partial charge is 0.278 e. The first-order valence-corrected chi connectivity index (χ1v) is 11.0. The lowest BCUT2D eigenvalue weighted by atomic mass is 9.95. The zero-order valence-electron chi connectivity index (χ0n) is 19.4. The molecule has 3 heterocycles. The molecule has 0 amide bonds. The second-order valence-electron chi connectivity index (χ2n) is 9.37. The van der Waals surface area contributed by atoms with Gasteiger partial charge in [-0.2, -0.15) is 10.2 Å². The Labute approximate surface area is 187 Å². The lowest BCUT2D eigenvalue weighted by molar-refractivity contribution is 0.364. The zero-order chi connectivity index (χ0) is 22.9. The molecule has 1 unspecified atom stereocenters. The van der Waals surface area contributed by atoms with Crippen LogP contribution in [0.2, 0.25) is 0 Å². The summed E-state index contributed by atoms with van der Waals surface area (Å²) < 4.78 is 3.54. The number of anilines is 1. The monoisotopic (exact) mass is 433 g/mol. The largest absolute Gasteiger partial charge is 0.316 e. The van der Waals surface area contributed by atoms with Gasteiger partial charge in [0.15, 0.2) is 11.7 Å². The van der Waals surface area contributed by atoms with Crippen LogP contribution in [0.5, 0.6) is 0 Å². The van der Waals surface area contributed by atoms with Gasteiger partial charge in [-0.25, -0.2) is 9.67 Å². The standard InChI is InChI=1S/C24H31N7O/c1-6-11-18-19-20(29(5)28-18)21(32)27-23(26-19)30(16-24(2,3)4)22(31-15-10-14-25-31)17-12-8-7-9-13-17/h7-10,12-15,22H,6,11,16H2,1-5H3,(H,26,27,32). The SMILES string of the molecule is CCCc1nn(C)c2c(=O)[nH]c(N(CC(C)(C)C)C(c3ccccc3)n3cccn3)nc12. The number of aromatic nitrogens is 6. The van der Waals surface area contributed by atoms with E-state index in [1.807, 2.05) is 35.1 Å². The van der Waals surface area contributed by atoms with Gasteiger partial charge in [0.2, 0.25) is 5.95 Å². The van der Waals surface area contributed by atoms with Crippen molar-refractivity contribution >= 4 is 17.0 Å². The van der Waals surface area contributed by atoms with Crippen molar-refractivity contribution in [3.05, 3.63) is 70.4 Å². The fourth-order valence-corrected chi connectivity index (χ4v) is 4.09. The highest BCUT2D eigenvalue weighted by molar-refractivity contribution is 5.78. The molecule has 0 radical (unpaired) electrons. The first-order chi connectivity index (χ1) is 15.3. The van der Waals surface area contributed by atoms with E-state index < -0.39 is 0 Å². The molecule has 0 fully saturated rings. The molecule has 0 aliphatic heterocycles. The lowest BCUT2D eigenvalue weighted by Crippen LogP contribution is -2.41. The van der Waals surface area contributed by atoms with Crippen LogP contribution < -0.4 is 10.5 Å². The summed E-state index contributed by atoms with van der Waals surface area (Å²) in [6.07, 6.45) is 5.15. The first kappa shape index (κ1) is 21.8. The number of nitrogens with one attached hydrogen (secondary N) is 1. The fraction of sp³-hybridized carbons (Fsp3) is 0.417. The van der Waals surface area contributed by atoms with Gasteiger partial charge in [0.25, 0.3) is 5.56 Å². The van der Waals surface area contributed by atoms with Crippen LogP contribution in [0.1, 0.15) is 51.5 Å². The molecule has 0 aliphatic carbocycles. The topological polar surface area (TPSA) is 84.6 Å². The van der Waals surface area contributed by atoms with E-state index in [1.165, 1.54) is 0 Å². The van der Waals surface area contributed by atoms with Crippen LogP contribution >= 0.6 is 0 Å². The first-order valence-electron chi connectivity index (χ1n) is 11.0. The maximum Gasteiger partial charge on any atom is 0.278 e. The maximum absolute atomic E-state index is 13.1. The van der Waals surface area contributed by atoms with Crippen LogP contribution in [0, 0.1) is 5.41 Å². The minimum absolute atomic E-state index is 0.0606. The molecular formula is C24H31N7O. The number of fused-ring (bicyclic) bond motifs is 1. The quantitative estimate of drug-likeness (QED) is 0.478. The molecule has 1 aromatic carbocycles. The van der Waals surface area contributed by atoms with Gasteiger partial charge in [0.05, 0.1) is 5.69 Å². The van der Waals surface area contributed by atoms with Crippen molar-refractivity contribution in [3.8, 4) is 0 Å². The van der Waals surface area contributed by atoms with Crippen molar-refractivity contribution in [2.75, 3.05) is 11.4 Å². The highest BCUT2D eigenvalue weighted by Gasteiger charge is 2.30. The van der Waals surface area contributed by atoms with Gasteiger partial charge in [-0.15, -0.1) is 0 Å². The number of hydrogen-bond donors (Lipinski definition) is 1. The molecule has 0 spiro atoms. The lowest BCUT2D eigenvalue weighted by Gasteiger charge is -2.37. The van der Waals surface area contributed by atoms with Gasteiger partial charge in [-0.3, -0.25) is 14.5 Å². The van der Waals surface area contributed by atoms with Crippen molar-refractivity contribution in [2.45, 2.75) is 46.7 Å². The fourth-order valence-electron chi connectivity index (χ4n) is 4.09. The highest BCUT2D eigenvalue weighted by atomic mass is 16.1. The molecule has 4 aromatic rings. The second-order valence-corrected chi connectivity index (χ2v) is 9.37. The van der Waals surface area contributed by atoms with Gasteiger partial charge >= 0.3 is 0 Å². The van der Waals surface area contributed by atoms with Gasteiger partial charge in [0, 0.05) is 26.0 Å². The maximum atomic E-state index is 13.1. The summed E-state index contributed by atoms with van der Waals surface area (Å²) in [5.74, 6) is 0.520. The van der Waals surface area contributed by atoms with Crippen LogP contribution in [-0.2, 0) is 13.5 Å². The van der Waals surface area contributed by atoms with Crippen molar-refractivity contribution in [1.82, 2.24) is 29.5 Å². The Bertz CT molecular complexity index is 1230. The van der Waals surface area contributed by atoms with Crippen LogP contribution in [0.4, 0.5) is 5.95 Å². The Morgan fingerprint density at radius 2 is 1.91 bits per heavy atom. The number of aromatic amines is 1. The predicted octanol–water partition coefficient (Wildman–Crippen LogP) is 3.91. The summed E-state index contributed by atoms with van der Waals surface area (Å²) in [6, 6.07) is 12.1. The number of aryl methyl sites for hydroxylation is 2. The molecular weight excluding hydrogens is 402 g/mol. The van der Waals surface area contributed by atoms with Crippen LogP contribution in [0.3, 0.4) is 0 Å². The van der Waals surface area contributed by atoms with Crippen molar-refractivity contribution in [1.29, 1.82) is 0 Å². The molecule has 4 rings (SSSR count). The number of H-pyrrole nitrogens is 1. The Morgan fingerprint density at radius 1 is 1.16 bits per heavy atom. The summed E-state index contributed by atoms with van der Waals surface area (Å²) in [6.45, 7) is 9.28. The van der Waals surface area contributed by atoms with E-state index in [0.717, 1.165) is 24.1 Å². The number of nitrogens with zero attached hydrogens (tertiary/aromatic N) is 6. The van der Waals surface area contributed by atoms with E-state index in [-0.39, 0.29) is 17.1 Å². The normalized spacial score (nSPS) is 12.9. The Kier molecular flexibility index (Phi) is 5.86. The molecule has 0 saturated carbocycles. The molecule has 8 heteroatoms. The summed E-state index contributed by atoms with van der Waals surface area (Å²) in [5, 5.41) is 9.11. The van der Waals surface area contributed by atoms with E-state index >= 15 is 0 Å². The van der Waals surface area contributed by atoms with Crippen molar-refractivity contribution in [2.24, 2.45) is 12.5 Å². The summed E-state index contributed by atoms with van der Waals surface area (Å²) in [5.41, 5.74) is 2.83. The van der Waals surface area contributed by atoms with Crippen molar-refractivity contribution < 1.29 is 0 Å². The number of benzene rings is 1. The average molecular weight is 434 g/mol. The molecule has 168 valence electrons. The van der Waals surface area contributed by atoms with Gasteiger partial charge < -0.3 is 4.90 Å². The summed E-state index contributed by atoms with van der Waals surface area (Å²) in [7, 11) is 1.79. The van der Waals surface area contributed by atoms with E-state index in [4.69, 9.17) is 4.98 Å². The third-order valence-electron chi connectivity index (χ3n) is 5.32. The minimum atomic E-state index is -0.266. The zero-order valence-corrected chi connectivity index (χ0v) is 19.4. The molecule has 3 aromatic heterocycles. The van der Waals surface area contributed by atoms with Gasteiger partial charge in [-0.05, 0) is 23.5 Å². The molecule has 0 aliphatic rings. The summed E-state index contributed by atoms with van der Waals surface area (Å²) >= 11 is 0. The average Bonchev–Trinajstić information content (AvgIpc) is 3.36. The Hall–Kier alpha value is -3.42. The van der Waals surface area contributed by atoms with Crippen LogP contribution in [-0.4, -0.2) is 36.1 Å². The van der Waals surface area contributed by atoms with Crippen LogP contribution in [0.25, 0.3) is 11.0 Å². The third-order valence-corrected chi connectivity index (χ3v) is 5.32. The van der Waals surface area contributed by atoms with Gasteiger partial charge in [-0.1, -0.05) is 64.4 Å². The molecule has 8 nitrogen and oxygen atoms in total. The molecule has 0 saturated heterocycles. The Balaban J connectivity index is 1.94. The van der Waals surface area contributed by atoms with E-state index in [2.05, 4.69) is 59.9 Å². The van der Waals surface area contributed by atoms with Crippen molar-refractivity contribution in [3.63, 3.8) is 0 Å². The molecule has 1 atom stereocenters. The van der Waals surface area contributed by atoms with E-state index in [1.54, 1.807) is 17.9 Å². The summed E-state index contributed by atoms with van der Waals surface area (Å²) in [4.78, 5) is 23.3. The molecule has 1 N–H and O–H groups in total. The third kappa shape index (κ3) is 4.30. The van der Waals surface area contributed by atoms with E-state index in [9.17, 15) is 4.79 Å². The minimum Gasteiger partial charge on any atom is -0.316 e. The number of hydrogen-bond acceptors (Lipinski definition) is 5. The van der Waals surface area contributed by atoms with Crippen LogP contribution in [0.15, 0.2) is 53.6 Å². The Morgan fingerprint density at radius 3 is 2.53 bits per heavy atom. The molecule has 0 bridgehead atoms. The highest BCUT2D eigenvalue weighted by Crippen LogP contribution is 2.30. The van der Waals surface area contributed by atoms with Gasteiger partial charge in [0.1, 0.15) is 5.52 Å². The number of rotatable bonds is 7.